The number of ether oxygens (including phenoxy) is 2. The molecular formula is C34H30N4O5. The van der Waals surface area contributed by atoms with E-state index in [0.29, 0.717) is 34.8 Å². The topological polar surface area (TPSA) is 108 Å². The minimum absolute atomic E-state index is 0.00359. The van der Waals surface area contributed by atoms with Gasteiger partial charge in [-0.2, -0.15) is 5.10 Å². The molecule has 0 spiro atoms. The van der Waals surface area contributed by atoms with Gasteiger partial charge in [-0.05, 0) is 85.1 Å². The standard InChI is InChI=1S/C34H30N4O5/c1-3-42-33-21-25(13-19-32(33)43-23-26-8-7-11-30(20-26)38(40)41)22-35-36-34(39)28-14-16-29(17-15-28)37-24(2)12-18-31(37)27-9-5-4-6-10-27/h4-22H,3,23H2,1-2H3,(H,36,39)/b35-22+. The maximum absolute atomic E-state index is 12.8. The van der Waals surface area contributed by atoms with Crippen LogP contribution in [0.5, 0.6) is 11.5 Å². The second-order valence-electron chi connectivity index (χ2n) is 9.66. The lowest BCUT2D eigenvalue weighted by atomic mass is 10.1. The molecule has 0 bridgehead atoms. The van der Waals surface area contributed by atoms with Crippen molar-refractivity contribution in [2.24, 2.45) is 5.10 Å². The summed E-state index contributed by atoms with van der Waals surface area (Å²) in [5.74, 6) is 0.647. The predicted molar refractivity (Wildman–Crippen MR) is 166 cm³/mol. The van der Waals surface area contributed by atoms with Crippen molar-refractivity contribution < 1.29 is 19.2 Å². The molecule has 0 saturated heterocycles. The third kappa shape index (κ3) is 6.97. The van der Waals surface area contributed by atoms with E-state index in [-0.39, 0.29) is 18.2 Å². The number of hydrogen-bond acceptors (Lipinski definition) is 6. The largest absolute Gasteiger partial charge is 0.490 e. The van der Waals surface area contributed by atoms with Gasteiger partial charge in [0.15, 0.2) is 11.5 Å². The Morgan fingerprint density at radius 1 is 0.907 bits per heavy atom. The van der Waals surface area contributed by atoms with Crippen LogP contribution in [0.3, 0.4) is 0 Å². The SMILES string of the molecule is CCOc1cc(/C=N/NC(=O)c2ccc(-n3c(C)ccc3-c3ccccc3)cc2)ccc1OCc1cccc([N+](=O)[O-])c1. The van der Waals surface area contributed by atoms with Gasteiger partial charge in [-0.3, -0.25) is 14.9 Å². The molecule has 9 nitrogen and oxygen atoms in total. The van der Waals surface area contributed by atoms with Crippen LogP contribution in [-0.2, 0) is 6.61 Å². The van der Waals surface area contributed by atoms with E-state index in [0.717, 1.165) is 22.6 Å². The van der Waals surface area contributed by atoms with Crippen LogP contribution in [0.25, 0.3) is 16.9 Å². The fraction of sp³-hybridized carbons (Fsp3) is 0.118. The number of nitro groups is 1. The molecule has 4 aromatic carbocycles. The van der Waals surface area contributed by atoms with Crippen molar-refractivity contribution in [2.75, 3.05) is 6.61 Å². The Kier molecular flexibility index (Phi) is 8.92. The van der Waals surface area contributed by atoms with Crippen molar-refractivity contribution in [2.45, 2.75) is 20.5 Å². The van der Waals surface area contributed by atoms with E-state index < -0.39 is 4.92 Å². The zero-order valence-corrected chi connectivity index (χ0v) is 23.8. The number of hydrogen-bond donors (Lipinski definition) is 1. The molecule has 0 saturated carbocycles. The molecule has 1 heterocycles. The van der Waals surface area contributed by atoms with Crippen molar-refractivity contribution in [3.05, 3.63) is 142 Å². The molecule has 0 atom stereocenters. The van der Waals surface area contributed by atoms with Gasteiger partial charge in [0.1, 0.15) is 6.61 Å². The summed E-state index contributed by atoms with van der Waals surface area (Å²) in [6, 6.07) is 33.2. The highest BCUT2D eigenvalue weighted by molar-refractivity contribution is 5.95. The van der Waals surface area contributed by atoms with Gasteiger partial charge < -0.3 is 14.0 Å². The number of amides is 1. The fourth-order valence-corrected chi connectivity index (χ4v) is 4.62. The number of carbonyl (C=O) groups is 1. The molecule has 5 aromatic rings. The smallest absolute Gasteiger partial charge is 0.271 e. The highest BCUT2D eigenvalue weighted by Gasteiger charge is 2.12. The quantitative estimate of drug-likeness (QED) is 0.103. The molecule has 0 aliphatic carbocycles. The minimum Gasteiger partial charge on any atom is -0.490 e. The second kappa shape index (κ2) is 13.3. The average Bonchev–Trinajstić information content (AvgIpc) is 3.42. The molecule has 0 aliphatic heterocycles. The van der Waals surface area contributed by atoms with Gasteiger partial charge in [-0.1, -0.05) is 42.5 Å². The number of carbonyl (C=O) groups excluding carboxylic acids is 1. The van der Waals surface area contributed by atoms with Gasteiger partial charge in [0, 0.05) is 29.1 Å². The number of aryl methyl sites for hydroxylation is 1. The van der Waals surface area contributed by atoms with Crippen LogP contribution in [-0.4, -0.2) is 28.2 Å². The molecule has 0 unspecified atom stereocenters. The number of aromatic nitrogens is 1. The Morgan fingerprint density at radius 3 is 2.44 bits per heavy atom. The van der Waals surface area contributed by atoms with Crippen LogP contribution in [0, 0.1) is 17.0 Å². The lowest BCUT2D eigenvalue weighted by Crippen LogP contribution is -2.17. The normalized spacial score (nSPS) is 10.9. The second-order valence-corrected chi connectivity index (χ2v) is 9.66. The van der Waals surface area contributed by atoms with Gasteiger partial charge in [-0.15, -0.1) is 0 Å². The average molecular weight is 575 g/mol. The third-order valence-corrected chi connectivity index (χ3v) is 6.70. The van der Waals surface area contributed by atoms with E-state index >= 15 is 0 Å². The van der Waals surface area contributed by atoms with Gasteiger partial charge in [0.2, 0.25) is 0 Å². The fourth-order valence-electron chi connectivity index (χ4n) is 4.62. The van der Waals surface area contributed by atoms with E-state index in [9.17, 15) is 14.9 Å². The highest BCUT2D eigenvalue weighted by atomic mass is 16.6. The first kappa shape index (κ1) is 28.8. The number of hydrazone groups is 1. The first-order chi connectivity index (χ1) is 20.9. The Balaban J connectivity index is 1.23. The van der Waals surface area contributed by atoms with Crippen LogP contribution < -0.4 is 14.9 Å². The molecule has 216 valence electrons. The van der Waals surface area contributed by atoms with E-state index in [1.807, 2.05) is 37.3 Å². The van der Waals surface area contributed by atoms with Crippen molar-refractivity contribution in [1.29, 1.82) is 0 Å². The molecule has 1 N–H and O–H groups in total. The highest BCUT2D eigenvalue weighted by Crippen LogP contribution is 2.29. The Morgan fingerprint density at radius 2 is 1.70 bits per heavy atom. The van der Waals surface area contributed by atoms with E-state index in [4.69, 9.17) is 9.47 Å². The van der Waals surface area contributed by atoms with Gasteiger partial charge in [-0.25, -0.2) is 5.43 Å². The summed E-state index contributed by atoms with van der Waals surface area (Å²) in [6.07, 6.45) is 1.52. The van der Waals surface area contributed by atoms with Crippen LogP contribution in [0.2, 0.25) is 0 Å². The summed E-state index contributed by atoms with van der Waals surface area (Å²) in [5.41, 5.74) is 8.65. The van der Waals surface area contributed by atoms with Crippen molar-refractivity contribution in [1.82, 2.24) is 9.99 Å². The zero-order chi connectivity index (χ0) is 30.2. The summed E-state index contributed by atoms with van der Waals surface area (Å²) in [6.45, 7) is 4.46. The first-order valence-corrected chi connectivity index (χ1v) is 13.7. The zero-order valence-electron chi connectivity index (χ0n) is 23.8. The van der Waals surface area contributed by atoms with Crippen LogP contribution in [0.1, 0.15) is 34.1 Å². The number of rotatable bonds is 11. The number of nitro benzene ring substituents is 1. The van der Waals surface area contributed by atoms with E-state index in [1.54, 1.807) is 42.5 Å². The maximum Gasteiger partial charge on any atom is 0.271 e. The van der Waals surface area contributed by atoms with Gasteiger partial charge in [0.05, 0.1) is 23.4 Å². The number of benzene rings is 4. The number of nitrogens with zero attached hydrogens (tertiary/aromatic N) is 3. The van der Waals surface area contributed by atoms with E-state index in [2.05, 4.69) is 46.3 Å². The molecule has 43 heavy (non-hydrogen) atoms. The molecule has 1 aromatic heterocycles. The number of nitrogens with one attached hydrogen (secondary N) is 1. The molecule has 9 heteroatoms. The van der Waals surface area contributed by atoms with Crippen LogP contribution in [0.15, 0.2) is 114 Å². The minimum atomic E-state index is -0.441. The molecule has 5 rings (SSSR count). The third-order valence-electron chi connectivity index (χ3n) is 6.70. The summed E-state index contributed by atoms with van der Waals surface area (Å²) < 4.78 is 13.8. The monoisotopic (exact) mass is 574 g/mol. The Bertz CT molecular complexity index is 1760. The summed E-state index contributed by atoms with van der Waals surface area (Å²) >= 11 is 0. The summed E-state index contributed by atoms with van der Waals surface area (Å²) in [7, 11) is 0. The van der Waals surface area contributed by atoms with Crippen LogP contribution in [0.4, 0.5) is 5.69 Å². The molecule has 0 aliphatic rings. The maximum atomic E-state index is 12.8. The van der Waals surface area contributed by atoms with Crippen molar-refractivity contribution in [3.63, 3.8) is 0 Å². The Labute approximate surface area is 249 Å². The van der Waals surface area contributed by atoms with Gasteiger partial charge in [0.25, 0.3) is 11.6 Å². The first-order valence-electron chi connectivity index (χ1n) is 13.7. The van der Waals surface area contributed by atoms with Gasteiger partial charge >= 0.3 is 0 Å². The molecule has 0 fully saturated rings. The lowest BCUT2D eigenvalue weighted by molar-refractivity contribution is -0.384. The lowest BCUT2D eigenvalue weighted by Gasteiger charge is -2.13. The predicted octanol–water partition coefficient (Wildman–Crippen LogP) is 7.10. The molecule has 1 amide bonds. The molecular weight excluding hydrogens is 544 g/mol. The van der Waals surface area contributed by atoms with Crippen LogP contribution >= 0.6 is 0 Å². The summed E-state index contributed by atoms with van der Waals surface area (Å²) in [4.78, 5) is 23.4. The van der Waals surface area contributed by atoms with E-state index in [1.165, 1.54) is 18.3 Å². The Hall–Kier alpha value is -5.70. The van der Waals surface area contributed by atoms with Crippen molar-refractivity contribution >= 4 is 17.8 Å². The summed E-state index contributed by atoms with van der Waals surface area (Å²) in [5, 5.41) is 15.2. The number of non-ortho nitro benzene ring substituents is 1. The van der Waals surface area contributed by atoms with Crippen molar-refractivity contribution in [3.8, 4) is 28.4 Å². The molecule has 0 radical (unpaired) electrons.